The summed E-state index contributed by atoms with van der Waals surface area (Å²) >= 11 is 0. The molecule has 0 spiro atoms. The van der Waals surface area contributed by atoms with Crippen molar-refractivity contribution in [1.29, 1.82) is 0 Å². The van der Waals surface area contributed by atoms with E-state index in [1.54, 1.807) is 0 Å². The van der Waals surface area contributed by atoms with E-state index in [9.17, 15) is 0 Å². The Morgan fingerprint density at radius 2 is 2.06 bits per heavy atom. The highest BCUT2D eigenvalue weighted by Gasteiger charge is 2.34. The van der Waals surface area contributed by atoms with Gasteiger partial charge in [-0.3, -0.25) is 4.90 Å². The minimum atomic E-state index is 0.719. The van der Waals surface area contributed by atoms with Crippen LogP contribution in [0.2, 0.25) is 0 Å². The zero-order valence-corrected chi connectivity index (χ0v) is 11.8. The minimum Gasteiger partial charge on any atom is -0.312 e. The molecule has 3 unspecified atom stereocenters. The first-order valence-corrected chi connectivity index (χ1v) is 7.40. The lowest BCUT2D eigenvalue weighted by Crippen LogP contribution is -2.57. The van der Waals surface area contributed by atoms with E-state index >= 15 is 0 Å². The molecule has 0 radical (unpaired) electrons. The summed E-state index contributed by atoms with van der Waals surface area (Å²) in [6.45, 7) is 9.55. The molecular weight excluding hydrogens is 210 g/mol. The molecule has 1 saturated carbocycles. The van der Waals surface area contributed by atoms with Crippen LogP contribution in [0.4, 0.5) is 0 Å². The van der Waals surface area contributed by atoms with Crippen molar-refractivity contribution in [1.82, 2.24) is 15.1 Å². The molecule has 0 aromatic carbocycles. The van der Waals surface area contributed by atoms with Crippen LogP contribution in [0.15, 0.2) is 0 Å². The van der Waals surface area contributed by atoms with Gasteiger partial charge in [-0.05, 0) is 39.8 Å². The van der Waals surface area contributed by atoms with Crippen molar-refractivity contribution in [3.8, 4) is 0 Å². The van der Waals surface area contributed by atoms with Crippen LogP contribution in [0.3, 0.4) is 0 Å². The smallest absolute Gasteiger partial charge is 0.0250 e. The van der Waals surface area contributed by atoms with Crippen LogP contribution in [0.5, 0.6) is 0 Å². The highest BCUT2D eigenvalue weighted by atomic mass is 15.3. The molecule has 1 heterocycles. The molecule has 2 fully saturated rings. The summed E-state index contributed by atoms with van der Waals surface area (Å²) < 4.78 is 0. The summed E-state index contributed by atoms with van der Waals surface area (Å²) in [5, 5.41) is 3.75. The van der Waals surface area contributed by atoms with Crippen LogP contribution in [0.25, 0.3) is 0 Å². The van der Waals surface area contributed by atoms with Gasteiger partial charge < -0.3 is 10.2 Å². The molecule has 0 aromatic rings. The maximum absolute atomic E-state index is 3.75. The topological polar surface area (TPSA) is 18.5 Å². The van der Waals surface area contributed by atoms with E-state index in [0.29, 0.717) is 0 Å². The van der Waals surface area contributed by atoms with Gasteiger partial charge in [-0.1, -0.05) is 13.3 Å². The van der Waals surface area contributed by atoms with Crippen molar-refractivity contribution in [3.05, 3.63) is 0 Å². The zero-order valence-electron chi connectivity index (χ0n) is 11.8. The van der Waals surface area contributed by atoms with Crippen molar-refractivity contribution in [3.63, 3.8) is 0 Å². The predicted molar refractivity (Wildman–Crippen MR) is 73.4 cm³/mol. The van der Waals surface area contributed by atoms with Gasteiger partial charge in [0, 0.05) is 37.8 Å². The Bertz CT molecular complexity index is 232. The Morgan fingerprint density at radius 1 is 1.24 bits per heavy atom. The second kappa shape index (κ2) is 6.17. The molecule has 2 rings (SSSR count). The van der Waals surface area contributed by atoms with Gasteiger partial charge in [-0.2, -0.15) is 0 Å². The van der Waals surface area contributed by atoms with E-state index in [2.05, 4.69) is 36.0 Å². The van der Waals surface area contributed by atoms with Gasteiger partial charge in [0.2, 0.25) is 0 Å². The number of hydrogen-bond acceptors (Lipinski definition) is 3. The van der Waals surface area contributed by atoms with Crippen LogP contribution in [-0.2, 0) is 0 Å². The van der Waals surface area contributed by atoms with E-state index < -0.39 is 0 Å². The molecule has 0 amide bonds. The molecule has 3 atom stereocenters. The van der Waals surface area contributed by atoms with Gasteiger partial charge in [-0.25, -0.2) is 0 Å². The summed E-state index contributed by atoms with van der Waals surface area (Å²) in [7, 11) is 2.25. The second-order valence-corrected chi connectivity index (χ2v) is 5.88. The number of likely N-dealkylation sites (N-methyl/N-ethyl adjacent to an activating group) is 1. The summed E-state index contributed by atoms with van der Waals surface area (Å²) in [6, 6.07) is 2.28. The number of piperazine rings is 1. The minimum absolute atomic E-state index is 0.719. The Labute approximate surface area is 107 Å². The Balaban J connectivity index is 1.87. The summed E-state index contributed by atoms with van der Waals surface area (Å²) in [5.74, 6) is 0. The average Bonchev–Trinajstić information content (AvgIpc) is 2.78. The van der Waals surface area contributed by atoms with Gasteiger partial charge in [0.1, 0.15) is 0 Å². The maximum Gasteiger partial charge on any atom is 0.0250 e. The van der Waals surface area contributed by atoms with Gasteiger partial charge in [0.25, 0.3) is 0 Å². The molecule has 3 nitrogen and oxygen atoms in total. The van der Waals surface area contributed by atoms with Crippen LogP contribution < -0.4 is 5.32 Å². The van der Waals surface area contributed by atoms with Crippen molar-refractivity contribution < 1.29 is 0 Å². The molecule has 100 valence electrons. The molecule has 3 heteroatoms. The number of rotatable bonds is 4. The molecule has 1 aliphatic heterocycles. The molecule has 17 heavy (non-hydrogen) atoms. The van der Waals surface area contributed by atoms with E-state index in [-0.39, 0.29) is 0 Å². The molecule has 0 aromatic heterocycles. The van der Waals surface area contributed by atoms with Crippen molar-refractivity contribution in [2.45, 2.75) is 57.7 Å². The monoisotopic (exact) mass is 239 g/mol. The normalized spacial score (nSPS) is 36.5. The second-order valence-electron chi connectivity index (χ2n) is 5.88. The standard InChI is InChI=1S/C14H29N3/c1-4-8-15-13-6-5-7-14(13)17-10-9-16(3)12(2)11-17/h12-15H,4-11H2,1-3H3. The lowest BCUT2D eigenvalue weighted by atomic mass is 10.1. The highest BCUT2D eigenvalue weighted by molar-refractivity contribution is 4.93. The molecule has 0 bridgehead atoms. The first-order valence-electron chi connectivity index (χ1n) is 7.40. The SMILES string of the molecule is CCCNC1CCCC1N1CCN(C)C(C)C1. The summed E-state index contributed by atoms with van der Waals surface area (Å²) in [4.78, 5) is 5.23. The van der Waals surface area contributed by atoms with Crippen LogP contribution in [0.1, 0.15) is 39.5 Å². The largest absolute Gasteiger partial charge is 0.312 e. The first kappa shape index (κ1) is 13.3. The fraction of sp³-hybridized carbons (Fsp3) is 1.00. The van der Waals surface area contributed by atoms with E-state index in [1.807, 2.05) is 0 Å². The molecule has 2 aliphatic rings. The molecule has 1 N–H and O–H groups in total. The van der Waals surface area contributed by atoms with Crippen LogP contribution >= 0.6 is 0 Å². The van der Waals surface area contributed by atoms with Crippen molar-refractivity contribution >= 4 is 0 Å². The third-order valence-corrected chi connectivity index (χ3v) is 4.60. The number of nitrogens with zero attached hydrogens (tertiary/aromatic N) is 2. The molecular formula is C14H29N3. The first-order chi connectivity index (χ1) is 8.22. The van der Waals surface area contributed by atoms with Gasteiger partial charge >= 0.3 is 0 Å². The third-order valence-electron chi connectivity index (χ3n) is 4.60. The van der Waals surface area contributed by atoms with E-state index in [4.69, 9.17) is 0 Å². The van der Waals surface area contributed by atoms with Crippen molar-refractivity contribution in [2.24, 2.45) is 0 Å². The van der Waals surface area contributed by atoms with Gasteiger partial charge in [0.05, 0.1) is 0 Å². The average molecular weight is 239 g/mol. The zero-order chi connectivity index (χ0) is 12.3. The fourth-order valence-corrected chi connectivity index (χ4v) is 3.32. The Hall–Kier alpha value is -0.120. The summed E-state index contributed by atoms with van der Waals surface area (Å²) in [6.07, 6.45) is 5.44. The quantitative estimate of drug-likeness (QED) is 0.803. The maximum atomic E-state index is 3.75. The van der Waals surface area contributed by atoms with E-state index in [1.165, 1.54) is 51.9 Å². The number of nitrogens with one attached hydrogen (secondary N) is 1. The highest BCUT2D eigenvalue weighted by Crippen LogP contribution is 2.26. The molecule has 1 saturated heterocycles. The van der Waals surface area contributed by atoms with E-state index in [0.717, 1.165) is 18.1 Å². The van der Waals surface area contributed by atoms with Crippen molar-refractivity contribution in [2.75, 3.05) is 33.2 Å². The Morgan fingerprint density at radius 3 is 2.76 bits per heavy atom. The van der Waals surface area contributed by atoms with Crippen LogP contribution in [0, 0.1) is 0 Å². The van der Waals surface area contributed by atoms with Gasteiger partial charge in [-0.15, -0.1) is 0 Å². The summed E-state index contributed by atoms with van der Waals surface area (Å²) in [5.41, 5.74) is 0. The fourth-order valence-electron chi connectivity index (χ4n) is 3.32. The van der Waals surface area contributed by atoms with Gasteiger partial charge in [0.15, 0.2) is 0 Å². The molecule has 1 aliphatic carbocycles. The Kier molecular flexibility index (Phi) is 4.83. The number of hydrogen-bond donors (Lipinski definition) is 1. The lowest BCUT2D eigenvalue weighted by molar-refractivity contribution is 0.0643. The lowest BCUT2D eigenvalue weighted by Gasteiger charge is -2.42. The third kappa shape index (κ3) is 3.21. The predicted octanol–water partition coefficient (Wildman–Crippen LogP) is 1.54. The van der Waals surface area contributed by atoms with Crippen LogP contribution in [-0.4, -0.2) is 61.2 Å².